The SMILES string of the molecule is CCCN(C)[N+]1=CC=C1. The van der Waals surface area contributed by atoms with Crippen molar-refractivity contribution in [2.75, 3.05) is 13.6 Å². The fourth-order valence-corrected chi connectivity index (χ4v) is 0.830. The van der Waals surface area contributed by atoms with Crippen LogP contribution in [-0.4, -0.2) is 29.5 Å². The lowest BCUT2D eigenvalue weighted by Gasteiger charge is -2.13. The Kier molecular flexibility index (Phi) is 1.88. The fraction of sp³-hybridized carbons (Fsp3) is 0.571. The zero-order valence-corrected chi connectivity index (χ0v) is 6.04. The van der Waals surface area contributed by atoms with Gasteiger partial charge in [-0.15, -0.1) is 0 Å². The molecule has 0 aromatic carbocycles. The Hall–Kier alpha value is -0.790. The van der Waals surface area contributed by atoms with Crippen LogP contribution >= 0.6 is 0 Å². The van der Waals surface area contributed by atoms with Gasteiger partial charge in [0.15, 0.2) is 0 Å². The molecule has 0 aromatic heterocycles. The van der Waals surface area contributed by atoms with E-state index >= 15 is 0 Å². The summed E-state index contributed by atoms with van der Waals surface area (Å²) in [4.78, 5) is 0. The molecule has 0 fully saturated rings. The fourth-order valence-electron chi connectivity index (χ4n) is 0.830. The first kappa shape index (κ1) is 6.33. The summed E-state index contributed by atoms with van der Waals surface area (Å²) in [5, 5.41) is 2.18. The van der Waals surface area contributed by atoms with Gasteiger partial charge in [0.05, 0.1) is 19.7 Å². The van der Waals surface area contributed by atoms with Crippen molar-refractivity contribution in [2.45, 2.75) is 13.3 Å². The minimum atomic E-state index is 1.13. The summed E-state index contributed by atoms with van der Waals surface area (Å²) in [6.45, 7) is 3.31. The van der Waals surface area contributed by atoms with E-state index in [1.165, 1.54) is 6.42 Å². The molecule has 0 aromatic rings. The third-order valence-corrected chi connectivity index (χ3v) is 1.42. The summed E-state index contributed by atoms with van der Waals surface area (Å²) < 4.78 is 2.09. The van der Waals surface area contributed by atoms with Gasteiger partial charge in [-0.25, -0.2) is 0 Å². The van der Waals surface area contributed by atoms with Crippen LogP contribution in [0, 0.1) is 0 Å². The van der Waals surface area contributed by atoms with Crippen LogP contribution in [0.4, 0.5) is 0 Å². The second-order valence-electron chi connectivity index (χ2n) is 2.25. The van der Waals surface area contributed by atoms with E-state index in [2.05, 4.69) is 36.1 Å². The van der Waals surface area contributed by atoms with Crippen LogP contribution < -0.4 is 0 Å². The summed E-state index contributed by atoms with van der Waals surface area (Å²) in [6, 6.07) is 0. The van der Waals surface area contributed by atoms with E-state index in [4.69, 9.17) is 0 Å². The zero-order chi connectivity index (χ0) is 6.69. The van der Waals surface area contributed by atoms with E-state index in [-0.39, 0.29) is 0 Å². The van der Waals surface area contributed by atoms with Crippen molar-refractivity contribution >= 4 is 6.21 Å². The summed E-state index contributed by atoms with van der Waals surface area (Å²) in [6.07, 6.45) is 7.34. The number of hydrogen-bond acceptors (Lipinski definition) is 1. The Balaban J connectivity index is 2.25. The molecule has 1 heterocycles. The standard InChI is InChI=1S/C7H13N2/c1-3-5-8(2)9-6-4-7-9/h4,6-7H,3,5H2,1-2H3/q+1. The van der Waals surface area contributed by atoms with Crippen molar-refractivity contribution < 1.29 is 4.68 Å². The normalized spacial score (nSPS) is 14.7. The van der Waals surface area contributed by atoms with E-state index in [1.807, 2.05) is 6.08 Å². The first-order chi connectivity index (χ1) is 4.34. The van der Waals surface area contributed by atoms with E-state index in [9.17, 15) is 0 Å². The van der Waals surface area contributed by atoms with E-state index < -0.39 is 0 Å². The molecule has 0 saturated carbocycles. The molecule has 1 aliphatic rings. The second kappa shape index (κ2) is 2.67. The lowest BCUT2D eigenvalue weighted by atomic mass is 10.5. The minimum absolute atomic E-state index is 1.13. The maximum atomic E-state index is 2.18. The molecule has 0 saturated heterocycles. The number of allylic oxidation sites excluding steroid dienone is 1. The average molecular weight is 125 g/mol. The van der Waals surface area contributed by atoms with Crippen LogP contribution in [0.1, 0.15) is 13.3 Å². The first-order valence-corrected chi connectivity index (χ1v) is 3.35. The zero-order valence-electron chi connectivity index (χ0n) is 6.04. The molecule has 0 atom stereocenters. The second-order valence-corrected chi connectivity index (χ2v) is 2.25. The van der Waals surface area contributed by atoms with E-state index in [0.717, 1.165) is 6.54 Å². The van der Waals surface area contributed by atoms with Gasteiger partial charge in [-0.2, -0.15) is 5.01 Å². The van der Waals surface area contributed by atoms with Crippen LogP contribution in [0.2, 0.25) is 0 Å². The Bertz CT molecular complexity index is 147. The lowest BCUT2D eigenvalue weighted by Crippen LogP contribution is -2.31. The Morgan fingerprint density at radius 1 is 1.56 bits per heavy atom. The molecule has 0 spiro atoms. The van der Waals surface area contributed by atoms with Gasteiger partial charge in [0, 0.05) is 0 Å². The molecule has 0 N–H and O–H groups in total. The summed E-state index contributed by atoms with van der Waals surface area (Å²) >= 11 is 0. The molecule has 0 amide bonds. The van der Waals surface area contributed by atoms with Gasteiger partial charge in [0.1, 0.15) is 0 Å². The van der Waals surface area contributed by atoms with Crippen molar-refractivity contribution in [2.24, 2.45) is 0 Å². The predicted octanol–water partition coefficient (Wildman–Crippen LogP) is 0.854. The summed E-state index contributed by atoms with van der Waals surface area (Å²) in [7, 11) is 2.09. The van der Waals surface area contributed by atoms with E-state index in [1.54, 1.807) is 0 Å². The molecule has 0 bridgehead atoms. The number of hydrazone groups is 1. The molecule has 1 aliphatic heterocycles. The molecule has 2 nitrogen and oxygen atoms in total. The molecule has 9 heavy (non-hydrogen) atoms. The number of rotatable bonds is 3. The molecular formula is C7H13N2+. The molecule has 50 valence electrons. The van der Waals surface area contributed by atoms with Gasteiger partial charge >= 0.3 is 0 Å². The Labute approximate surface area is 56.1 Å². The third kappa shape index (κ3) is 1.31. The number of hydrogen-bond donors (Lipinski definition) is 0. The van der Waals surface area contributed by atoms with Gasteiger partial charge in [-0.1, -0.05) is 11.6 Å². The topological polar surface area (TPSA) is 6.25 Å². The summed E-state index contributed by atoms with van der Waals surface area (Å²) in [5.74, 6) is 0. The smallest absolute Gasteiger partial charge is 0.184 e. The highest BCUT2D eigenvalue weighted by Crippen LogP contribution is 1.93. The van der Waals surface area contributed by atoms with E-state index in [0.29, 0.717) is 0 Å². The van der Waals surface area contributed by atoms with Gasteiger partial charge in [-0.05, 0) is 6.42 Å². The highest BCUT2D eigenvalue weighted by atomic mass is 15.5. The van der Waals surface area contributed by atoms with Crippen molar-refractivity contribution in [3.05, 3.63) is 12.3 Å². The Morgan fingerprint density at radius 3 is 2.56 bits per heavy atom. The highest BCUT2D eigenvalue weighted by Gasteiger charge is 2.10. The molecular weight excluding hydrogens is 112 g/mol. The predicted molar refractivity (Wildman–Crippen MR) is 38.4 cm³/mol. The van der Waals surface area contributed by atoms with Crippen molar-refractivity contribution in [3.8, 4) is 0 Å². The van der Waals surface area contributed by atoms with Crippen LogP contribution in [0.25, 0.3) is 0 Å². The van der Waals surface area contributed by atoms with Crippen molar-refractivity contribution in [3.63, 3.8) is 0 Å². The third-order valence-electron chi connectivity index (χ3n) is 1.42. The highest BCUT2D eigenvalue weighted by molar-refractivity contribution is 5.69. The molecule has 1 rings (SSSR count). The maximum Gasteiger partial charge on any atom is 0.205 e. The molecule has 0 radical (unpaired) electrons. The first-order valence-electron chi connectivity index (χ1n) is 3.35. The Morgan fingerprint density at radius 2 is 2.22 bits per heavy atom. The van der Waals surface area contributed by atoms with Crippen LogP contribution in [0.3, 0.4) is 0 Å². The average Bonchev–Trinajstić information content (AvgIpc) is 1.60. The monoisotopic (exact) mass is 125 g/mol. The van der Waals surface area contributed by atoms with Crippen LogP contribution in [0.5, 0.6) is 0 Å². The van der Waals surface area contributed by atoms with Crippen LogP contribution in [0.15, 0.2) is 12.3 Å². The van der Waals surface area contributed by atoms with Gasteiger partial charge in [0.2, 0.25) is 12.4 Å². The quantitative estimate of drug-likeness (QED) is 0.507. The molecule has 0 unspecified atom stereocenters. The molecule has 2 heteroatoms. The van der Waals surface area contributed by atoms with Crippen molar-refractivity contribution in [1.29, 1.82) is 0 Å². The van der Waals surface area contributed by atoms with Gasteiger partial charge in [-0.3, -0.25) is 0 Å². The van der Waals surface area contributed by atoms with Gasteiger partial charge < -0.3 is 0 Å². The van der Waals surface area contributed by atoms with Crippen LogP contribution in [-0.2, 0) is 0 Å². The maximum absolute atomic E-state index is 2.18. The number of hydrazine groups is 1. The van der Waals surface area contributed by atoms with Crippen molar-refractivity contribution in [1.82, 2.24) is 5.01 Å². The minimum Gasteiger partial charge on any atom is -0.184 e. The summed E-state index contributed by atoms with van der Waals surface area (Å²) in [5.41, 5.74) is 0. The van der Waals surface area contributed by atoms with Gasteiger partial charge in [0.25, 0.3) is 0 Å². The lowest BCUT2D eigenvalue weighted by molar-refractivity contribution is -0.633. The molecule has 0 aliphatic carbocycles. The number of nitrogens with zero attached hydrogens (tertiary/aromatic N) is 2. The largest absolute Gasteiger partial charge is 0.205 e.